The van der Waals surface area contributed by atoms with Gasteiger partial charge >= 0.3 is 12.0 Å². The first-order chi connectivity index (χ1) is 7.38. The lowest BCUT2D eigenvalue weighted by molar-refractivity contribution is -0.139. The number of aliphatic carboxylic acids is 1. The zero-order chi connectivity index (χ0) is 12.7. The van der Waals surface area contributed by atoms with E-state index in [1.807, 2.05) is 19.2 Å². The van der Waals surface area contributed by atoms with Crippen LogP contribution in [-0.4, -0.2) is 35.6 Å². The summed E-state index contributed by atoms with van der Waals surface area (Å²) in [5.74, 6) is -1.10. The van der Waals surface area contributed by atoms with E-state index in [0.29, 0.717) is 0 Å². The molecule has 1 rings (SSSR count). The molecule has 0 aromatic carbocycles. The number of nitrogens with one attached hydrogen (secondary N) is 2. The lowest BCUT2D eigenvalue weighted by Gasteiger charge is -2.11. The van der Waals surface area contributed by atoms with Crippen LogP contribution in [-0.2, 0) is 9.59 Å². The molecule has 16 heavy (non-hydrogen) atoms. The van der Waals surface area contributed by atoms with Crippen molar-refractivity contribution in [2.24, 2.45) is 11.7 Å². The molecule has 1 aliphatic heterocycles. The first-order valence-corrected chi connectivity index (χ1v) is 4.94. The van der Waals surface area contributed by atoms with Gasteiger partial charge in [-0.05, 0) is 5.92 Å². The maximum Gasteiger partial charge on any atom is 0.321 e. The van der Waals surface area contributed by atoms with Crippen molar-refractivity contribution in [3.63, 3.8) is 0 Å². The van der Waals surface area contributed by atoms with E-state index in [4.69, 9.17) is 10.8 Å². The van der Waals surface area contributed by atoms with E-state index in [-0.39, 0.29) is 18.4 Å². The summed E-state index contributed by atoms with van der Waals surface area (Å²) in [5.41, 5.74) is 5.27. The third-order valence-corrected chi connectivity index (χ3v) is 2.20. The number of carbonyl (C=O) groups is 3. The van der Waals surface area contributed by atoms with Gasteiger partial charge in [-0.3, -0.25) is 14.9 Å². The van der Waals surface area contributed by atoms with Crippen molar-refractivity contribution in [3.8, 4) is 0 Å². The van der Waals surface area contributed by atoms with Gasteiger partial charge in [-0.2, -0.15) is 0 Å². The summed E-state index contributed by atoms with van der Waals surface area (Å²) in [6.45, 7) is 3.88. The number of nitrogens with two attached hydrogens (primary N) is 1. The van der Waals surface area contributed by atoms with Gasteiger partial charge < -0.3 is 16.2 Å². The van der Waals surface area contributed by atoms with E-state index < -0.39 is 18.0 Å². The molecular weight excluding hydrogens is 214 g/mol. The smallest absolute Gasteiger partial charge is 0.321 e. The summed E-state index contributed by atoms with van der Waals surface area (Å²) < 4.78 is 0. The summed E-state index contributed by atoms with van der Waals surface area (Å²) in [6.07, 6.45) is 0.813. The number of carboxylic acids is 1. The van der Waals surface area contributed by atoms with E-state index in [0.717, 1.165) is 6.42 Å². The average Bonchev–Trinajstić information content (AvgIpc) is 2.61. The maximum absolute atomic E-state index is 10.2. The van der Waals surface area contributed by atoms with Crippen LogP contribution in [0.2, 0.25) is 0 Å². The third-order valence-electron chi connectivity index (χ3n) is 2.20. The largest absolute Gasteiger partial charge is 0.480 e. The first-order valence-electron chi connectivity index (χ1n) is 4.94. The highest BCUT2D eigenvalue weighted by molar-refractivity contribution is 6.01. The average molecular weight is 231 g/mol. The van der Waals surface area contributed by atoms with Gasteiger partial charge in [-0.15, -0.1) is 0 Å². The fourth-order valence-electron chi connectivity index (χ4n) is 0.873. The van der Waals surface area contributed by atoms with Gasteiger partial charge in [0.25, 0.3) is 0 Å². The van der Waals surface area contributed by atoms with Gasteiger partial charge in [0.15, 0.2) is 0 Å². The lowest BCUT2D eigenvalue weighted by atomic mass is 10.0. The van der Waals surface area contributed by atoms with Crippen LogP contribution < -0.4 is 16.4 Å². The quantitative estimate of drug-likeness (QED) is 0.477. The van der Waals surface area contributed by atoms with Gasteiger partial charge in [0.05, 0.1) is 6.54 Å². The second-order valence-corrected chi connectivity index (χ2v) is 3.48. The second-order valence-electron chi connectivity index (χ2n) is 3.48. The summed E-state index contributed by atoms with van der Waals surface area (Å²) in [4.78, 5) is 30.2. The number of urea groups is 1. The Balaban J connectivity index is 0.000000288. The lowest BCUT2D eigenvalue weighted by Crippen LogP contribution is -2.36. The van der Waals surface area contributed by atoms with Crippen molar-refractivity contribution >= 4 is 17.9 Å². The minimum atomic E-state index is -0.913. The maximum atomic E-state index is 10.2. The van der Waals surface area contributed by atoms with Crippen LogP contribution in [0.1, 0.15) is 20.3 Å². The number of carboxylic acid groups (broad SMARTS) is 1. The third kappa shape index (κ3) is 5.30. The zero-order valence-electron chi connectivity index (χ0n) is 9.32. The normalized spacial score (nSPS) is 17.7. The Labute approximate surface area is 93.4 Å². The zero-order valence-corrected chi connectivity index (χ0v) is 9.32. The first kappa shape index (κ1) is 14.4. The molecule has 0 aromatic heterocycles. The summed E-state index contributed by atoms with van der Waals surface area (Å²) in [7, 11) is 0. The van der Waals surface area contributed by atoms with Crippen molar-refractivity contribution in [3.05, 3.63) is 0 Å². The van der Waals surface area contributed by atoms with Crippen molar-refractivity contribution in [2.75, 3.05) is 6.54 Å². The molecule has 0 radical (unpaired) electrons. The van der Waals surface area contributed by atoms with E-state index in [2.05, 4.69) is 5.32 Å². The number of hydrogen-bond donors (Lipinski definition) is 4. The van der Waals surface area contributed by atoms with E-state index >= 15 is 0 Å². The minimum absolute atomic E-state index is 0.0718. The second kappa shape index (κ2) is 6.78. The van der Waals surface area contributed by atoms with Gasteiger partial charge in [0, 0.05) is 0 Å². The molecule has 0 unspecified atom stereocenters. The molecule has 1 aliphatic rings. The molecule has 2 atom stereocenters. The molecule has 0 saturated carbocycles. The minimum Gasteiger partial charge on any atom is -0.480 e. The van der Waals surface area contributed by atoms with Gasteiger partial charge in [-0.25, -0.2) is 4.79 Å². The molecule has 1 fully saturated rings. The molecule has 1 heterocycles. The predicted molar refractivity (Wildman–Crippen MR) is 56.6 cm³/mol. The van der Waals surface area contributed by atoms with Crippen LogP contribution in [0.4, 0.5) is 4.79 Å². The van der Waals surface area contributed by atoms with Crippen molar-refractivity contribution < 1.29 is 19.5 Å². The number of hydrogen-bond acceptors (Lipinski definition) is 4. The van der Waals surface area contributed by atoms with Crippen LogP contribution >= 0.6 is 0 Å². The van der Waals surface area contributed by atoms with Crippen molar-refractivity contribution in [1.82, 2.24) is 10.6 Å². The molecule has 92 valence electrons. The van der Waals surface area contributed by atoms with Crippen LogP contribution in [0, 0.1) is 5.92 Å². The van der Waals surface area contributed by atoms with E-state index in [1.54, 1.807) is 0 Å². The monoisotopic (exact) mass is 231 g/mol. The van der Waals surface area contributed by atoms with Crippen LogP contribution in [0.5, 0.6) is 0 Å². The molecule has 1 saturated heterocycles. The Bertz CT molecular complexity index is 266. The van der Waals surface area contributed by atoms with E-state index in [9.17, 15) is 14.4 Å². The Hall–Kier alpha value is -1.63. The molecule has 0 bridgehead atoms. The standard InChI is InChI=1S/C6H13NO2.C3H4N2O2/c1-3-4(2)5(7)6(8)9;6-2-1-4-3(7)5-2/h4-5H,3,7H2,1-2H3,(H,8,9);1H2,(H2,4,5,6,7)/t4-,5-;/m0./s1. The summed E-state index contributed by atoms with van der Waals surface area (Å²) >= 11 is 0. The SMILES string of the molecule is CC[C@H](C)[C@H](N)C(=O)O.O=C1CNC(=O)N1. The Morgan fingerprint density at radius 1 is 1.56 bits per heavy atom. The molecule has 7 heteroatoms. The Morgan fingerprint density at radius 3 is 2.25 bits per heavy atom. The topological polar surface area (TPSA) is 122 Å². The Kier molecular flexibility index (Phi) is 6.09. The molecule has 7 nitrogen and oxygen atoms in total. The highest BCUT2D eigenvalue weighted by Gasteiger charge is 2.17. The summed E-state index contributed by atoms with van der Waals surface area (Å²) in [5, 5.41) is 12.7. The number of imide groups is 1. The van der Waals surface area contributed by atoms with Gasteiger partial charge in [0.1, 0.15) is 6.04 Å². The predicted octanol–water partition coefficient (Wildman–Crippen LogP) is -0.730. The molecular formula is C9H17N3O4. The summed E-state index contributed by atoms with van der Waals surface area (Å²) in [6, 6.07) is -1.10. The van der Waals surface area contributed by atoms with Crippen molar-refractivity contribution in [2.45, 2.75) is 26.3 Å². The fourth-order valence-corrected chi connectivity index (χ4v) is 0.873. The molecule has 0 aromatic rings. The highest BCUT2D eigenvalue weighted by Crippen LogP contribution is 2.04. The van der Waals surface area contributed by atoms with Crippen LogP contribution in [0.3, 0.4) is 0 Å². The molecule has 0 spiro atoms. The van der Waals surface area contributed by atoms with Crippen LogP contribution in [0.15, 0.2) is 0 Å². The molecule has 5 N–H and O–H groups in total. The molecule has 3 amide bonds. The van der Waals surface area contributed by atoms with Crippen LogP contribution in [0.25, 0.3) is 0 Å². The molecule has 0 aliphatic carbocycles. The van der Waals surface area contributed by atoms with Gasteiger partial charge in [0.2, 0.25) is 5.91 Å². The van der Waals surface area contributed by atoms with Gasteiger partial charge in [-0.1, -0.05) is 20.3 Å². The number of amides is 3. The van der Waals surface area contributed by atoms with E-state index in [1.165, 1.54) is 0 Å². The van der Waals surface area contributed by atoms with Crippen molar-refractivity contribution in [1.29, 1.82) is 0 Å². The fraction of sp³-hybridized carbons (Fsp3) is 0.667. The highest BCUT2D eigenvalue weighted by atomic mass is 16.4. The number of rotatable bonds is 3. The number of carbonyl (C=O) groups excluding carboxylic acids is 2. The Morgan fingerprint density at radius 2 is 2.12 bits per heavy atom.